The quantitative estimate of drug-likeness (QED) is 0.0752. The second-order valence-corrected chi connectivity index (χ2v) is 15.1. The van der Waals surface area contributed by atoms with Gasteiger partial charge in [-0.25, -0.2) is 14.1 Å². The molecular formula is C38H39N7O4S3. The van der Waals surface area contributed by atoms with E-state index in [0.717, 1.165) is 42.4 Å². The Labute approximate surface area is 315 Å². The number of ether oxygens (including phenoxy) is 1. The van der Waals surface area contributed by atoms with Gasteiger partial charge in [0, 0.05) is 53.0 Å². The highest BCUT2D eigenvalue weighted by atomic mass is 32.2. The zero-order valence-corrected chi connectivity index (χ0v) is 31.3. The Hall–Kier alpha value is -4.73. The van der Waals surface area contributed by atoms with Gasteiger partial charge < -0.3 is 20.5 Å². The lowest BCUT2D eigenvalue weighted by molar-refractivity contribution is -0.118. The van der Waals surface area contributed by atoms with Crippen LogP contribution in [-0.4, -0.2) is 72.7 Å². The van der Waals surface area contributed by atoms with Gasteiger partial charge in [0.15, 0.2) is 0 Å². The minimum Gasteiger partial charge on any atom is -0.453 e. The number of fused-ring (bicyclic) bond motifs is 1. The molecule has 0 unspecified atom stereocenters. The van der Waals surface area contributed by atoms with E-state index < -0.39 is 24.0 Å². The van der Waals surface area contributed by atoms with Crippen LogP contribution in [0, 0.1) is 6.92 Å². The molecule has 6 rings (SSSR count). The van der Waals surface area contributed by atoms with E-state index in [9.17, 15) is 14.7 Å². The topological polar surface area (TPSA) is 134 Å². The van der Waals surface area contributed by atoms with Crippen molar-refractivity contribution in [3.8, 4) is 0 Å². The number of hydrogen-bond donors (Lipinski definition) is 3. The summed E-state index contributed by atoms with van der Waals surface area (Å²) in [6, 6.07) is 25.9. The van der Waals surface area contributed by atoms with E-state index in [1.807, 2.05) is 105 Å². The number of amides is 2. The molecule has 52 heavy (non-hydrogen) atoms. The number of carbonyl (C=O) groups excluding carboxylic acids is 2. The number of aliphatic hydroxyl groups excluding tert-OH is 1. The van der Waals surface area contributed by atoms with Gasteiger partial charge in [-0.3, -0.25) is 14.5 Å². The van der Waals surface area contributed by atoms with E-state index in [4.69, 9.17) is 4.74 Å². The lowest BCUT2D eigenvalue weighted by Crippen LogP contribution is -2.48. The Morgan fingerprint density at radius 1 is 1.04 bits per heavy atom. The molecule has 0 spiro atoms. The molecule has 11 nitrogen and oxygen atoms in total. The third kappa shape index (κ3) is 9.19. The molecule has 0 saturated heterocycles. The van der Waals surface area contributed by atoms with Crippen LogP contribution >= 0.6 is 35.0 Å². The average Bonchev–Trinajstić information content (AvgIpc) is 3.77. The van der Waals surface area contributed by atoms with Gasteiger partial charge >= 0.3 is 6.09 Å². The van der Waals surface area contributed by atoms with Crippen LogP contribution in [0.15, 0.2) is 119 Å². The summed E-state index contributed by atoms with van der Waals surface area (Å²) in [6.45, 7) is 2.44. The van der Waals surface area contributed by atoms with E-state index in [1.54, 1.807) is 40.4 Å². The van der Waals surface area contributed by atoms with Crippen molar-refractivity contribution in [3.05, 3.63) is 131 Å². The average molecular weight is 754 g/mol. The van der Waals surface area contributed by atoms with Gasteiger partial charge in [-0.2, -0.15) is 5.10 Å². The Morgan fingerprint density at radius 3 is 2.42 bits per heavy atom. The van der Waals surface area contributed by atoms with Gasteiger partial charge in [0.05, 0.1) is 53.1 Å². The van der Waals surface area contributed by atoms with Gasteiger partial charge in [-0.15, -0.1) is 23.1 Å². The first-order chi connectivity index (χ1) is 25.3. The van der Waals surface area contributed by atoms with Crippen LogP contribution in [0.2, 0.25) is 0 Å². The largest absolute Gasteiger partial charge is 0.453 e. The zero-order chi connectivity index (χ0) is 36.5. The molecule has 14 heteroatoms. The lowest BCUT2D eigenvalue weighted by Gasteiger charge is -2.29. The van der Waals surface area contributed by atoms with Crippen LogP contribution in [0.5, 0.6) is 0 Å². The molecule has 3 aromatic carbocycles. The number of anilines is 1. The molecular weight excluding hydrogens is 715 g/mol. The van der Waals surface area contributed by atoms with Crippen LogP contribution in [0.25, 0.3) is 10.2 Å². The summed E-state index contributed by atoms with van der Waals surface area (Å²) >= 11 is 4.68. The van der Waals surface area contributed by atoms with Crippen molar-refractivity contribution in [2.45, 2.75) is 41.3 Å². The van der Waals surface area contributed by atoms with Crippen molar-refractivity contribution >= 4 is 63.0 Å². The number of carbonyl (C=O) groups is 2. The van der Waals surface area contributed by atoms with Crippen molar-refractivity contribution < 1.29 is 19.4 Å². The van der Waals surface area contributed by atoms with Crippen LogP contribution in [0.4, 0.5) is 10.5 Å². The molecule has 3 N–H and O–H groups in total. The fraction of sp³-hybridized carbons (Fsp3) is 0.237. The highest BCUT2D eigenvalue weighted by molar-refractivity contribution is 7.99. The first-order valence-corrected chi connectivity index (χ1v) is 19.2. The van der Waals surface area contributed by atoms with E-state index in [2.05, 4.69) is 36.1 Å². The second kappa shape index (κ2) is 17.7. The van der Waals surface area contributed by atoms with Crippen LogP contribution in [-0.2, 0) is 23.1 Å². The molecule has 3 heterocycles. The number of pyridine rings is 1. The Morgan fingerprint density at radius 2 is 1.77 bits per heavy atom. The fourth-order valence-electron chi connectivity index (χ4n) is 5.84. The maximum absolute atomic E-state index is 14.2. The molecule has 268 valence electrons. The fourth-order valence-corrected chi connectivity index (χ4v) is 8.87. The highest BCUT2D eigenvalue weighted by Crippen LogP contribution is 2.35. The van der Waals surface area contributed by atoms with Crippen LogP contribution in [0.3, 0.4) is 0 Å². The van der Waals surface area contributed by atoms with Gasteiger partial charge in [-0.05, 0) is 54.3 Å². The van der Waals surface area contributed by atoms with Crippen molar-refractivity contribution in [2.24, 2.45) is 7.05 Å². The molecule has 3 aromatic heterocycles. The Kier molecular flexibility index (Phi) is 12.6. The molecule has 0 aliphatic rings. The number of methoxy groups -OCH3 is 1. The molecule has 2 atom stereocenters. The normalized spacial score (nSPS) is 12.6. The predicted molar refractivity (Wildman–Crippen MR) is 207 cm³/mol. The summed E-state index contributed by atoms with van der Waals surface area (Å²) < 4.78 is 10.0. The zero-order valence-electron chi connectivity index (χ0n) is 28.9. The molecule has 0 bridgehead atoms. The number of thiazole rings is 1. The standard InChI is InChI=1S/C38H39N7O4S3/c1-25-28(20-44(2)43-25)21-45(52-30-14-15-31-34(18-30)51-24-40-31)29(22-46)23-50-33-16-17-39-19-32(33)41-37(47)36(42-38(48)49-3)35(26-10-6-4-7-11-26)27-12-8-5-9-13-27/h4-20,24,29,35-36,46H,21-23H2,1-3H3,(H,41,47)(H,42,48)/t29-,36+/m1/s1. The third-order valence-corrected chi connectivity index (χ3v) is 11.6. The number of benzene rings is 3. The number of nitrogens with zero attached hydrogens (tertiary/aromatic N) is 5. The van der Waals surface area contributed by atoms with Crippen molar-refractivity contribution in [1.82, 2.24) is 29.4 Å². The summed E-state index contributed by atoms with van der Waals surface area (Å²) in [5.41, 5.74) is 6.97. The number of hydrogen-bond acceptors (Lipinski definition) is 11. The second-order valence-electron chi connectivity index (χ2n) is 12.0. The SMILES string of the molecule is COC(=O)N[C@H](C(=O)Nc1cnccc1SC[C@@H](CO)N(Cc1cn(C)nc1C)Sc1ccc2ncsc2c1)C(c1ccccc1)c1ccccc1. The summed E-state index contributed by atoms with van der Waals surface area (Å²) in [4.78, 5) is 37.4. The van der Waals surface area contributed by atoms with Crippen molar-refractivity contribution in [3.63, 3.8) is 0 Å². The number of aliphatic hydroxyl groups is 1. The number of rotatable bonds is 15. The summed E-state index contributed by atoms with van der Waals surface area (Å²) in [6.07, 6.45) is 4.55. The predicted octanol–water partition coefficient (Wildman–Crippen LogP) is 6.89. The number of thioether (sulfide) groups is 1. The number of alkyl carbamates (subject to hydrolysis) is 1. The van der Waals surface area contributed by atoms with E-state index in [0.29, 0.717) is 18.0 Å². The summed E-state index contributed by atoms with van der Waals surface area (Å²) in [5, 5.41) is 21.2. The number of nitrogens with one attached hydrogen (secondary N) is 2. The molecule has 0 saturated carbocycles. The first-order valence-electron chi connectivity index (χ1n) is 16.5. The maximum Gasteiger partial charge on any atom is 0.407 e. The minimum atomic E-state index is -1.02. The summed E-state index contributed by atoms with van der Waals surface area (Å²) in [7, 11) is 3.17. The Balaban J connectivity index is 1.25. The van der Waals surface area contributed by atoms with Gasteiger partial charge in [0.25, 0.3) is 0 Å². The molecule has 0 radical (unpaired) electrons. The first kappa shape index (κ1) is 37.0. The Bertz CT molecular complexity index is 2060. The number of aryl methyl sites for hydroxylation is 2. The lowest BCUT2D eigenvalue weighted by atomic mass is 9.84. The van der Waals surface area contributed by atoms with E-state index >= 15 is 0 Å². The molecule has 0 aliphatic heterocycles. The van der Waals surface area contributed by atoms with E-state index in [-0.39, 0.29) is 12.6 Å². The molecule has 0 aliphatic carbocycles. The third-order valence-electron chi connectivity index (χ3n) is 8.45. The monoisotopic (exact) mass is 753 g/mol. The van der Waals surface area contributed by atoms with Gasteiger partial charge in [-0.1, -0.05) is 60.7 Å². The van der Waals surface area contributed by atoms with Crippen molar-refractivity contribution in [2.75, 3.05) is 24.8 Å². The highest BCUT2D eigenvalue weighted by Gasteiger charge is 2.33. The van der Waals surface area contributed by atoms with Crippen LogP contribution < -0.4 is 10.6 Å². The molecule has 6 aromatic rings. The maximum atomic E-state index is 14.2. The number of aromatic nitrogens is 4. The van der Waals surface area contributed by atoms with Gasteiger partial charge in [0.1, 0.15) is 6.04 Å². The summed E-state index contributed by atoms with van der Waals surface area (Å²) in [5.74, 6) is -0.447. The van der Waals surface area contributed by atoms with Crippen molar-refractivity contribution in [1.29, 1.82) is 0 Å². The molecule has 2 amide bonds. The van der Waals surface area contributed by atoms with Gasteiger partial charge in [0.2, 0.25) is 5.91 Å². The van der Waals surface area contributed by atoms with E-state index in [1.165, 1.54) is 18.9 Å². The molecule has 0 fully saturated rings. The van der Waals surface area contributed by atoms with Crippen LogP contribution in [0.1, 0.15) is 28.3 Å². The smallest absolute Gasteiger partial charge is 0.407 e. The minimum absolute atomic E-state index is 0.101.